The van der Waals surface area contributed by atoms with E-state index in [4.69, 9.17) is 5.73 Å². The summed E-state index contributed by atoms with van der Waals surface area (Å²) in [6, 6.07) is 13.9. The molecule has 1 unspecified atom stereocenters. The minimum atomic E-state index is -0.757. The van der Waals surface area contributed by atoms with Crippen molar-refractivity contribution >= 4 is 5.96 Å². The zero-order chi connectivity index (χ0) is 16.4. The van der Waals surface area contributed by atoms with Gasteiger partial charge in [0.05, 0.1) is 12.0 Å². The van der Waals surface area contributed by atoms with Gasteiger partial charge in [-0.3, -0.25) is 4.98 Å². The zero-order valence-electron chi connectivity index (χ0n) is 12.9. The summed E-state index contributed by atoms with van der Waals surface area (Å²) < 4.78 is 1.95. The van der Waals surface area contributed by atoms with E-state index < -0.39 is 5.54 Å². The lowest BCUT2D eigenvalue weighted by Gasteiger charge is -2.30. The summed E-state index contributed by atoms with van der Waals surface area (Å²) in [6.07, 6.45) is 11.0. The van der Waals surface area contributed by atoms with Crippen molar-refractivity contribution in [2.45, 2.75) is 5.54 Å². The van der Waals surface area contributed by atoms with Crippen LogP contribution in [-0.4, -0.2) is 20.5 Å². The highest BCUT2D eigenvalue weighted by Gasteiger charge is 2.35. The summed E-state index contributed by atoms with van der Waals surface area (Å²) in [7, 11) is 0. The van der Waals surface area contributed by atoms with Gasteiger partial charge >= 0.3 is 0 Å². The minimum absolute atomic E-state index is 0.358. The van der Waals surface area contributed by atoms with Crippen LogP contribution in [0, 0.1) is 0 Å². The van der Waals surface area contributed by atoms with Crippen LogP contribution in [0.5, 0.6) is 0 Å². The molecule has 0 aliphatic carbocycles. The maximum absolute atomic E-state index is 5.96. The summed E-state index contributed by atoms with van der Waals surface area (Å²) in [4.78, 5) is 13.3. The van der Waals surface area contributed by atoms with Crippen molar-refractivity contribution in [1.82, 2.24) is 19.9 Å². The summed E-state index contributed by atoms with van der Waals surface area (Å²) in [5.41, 5.74) is 8.00. The molecule has 0 spiro atoms. The lowest BCUT2D eigenvalue weighted by molar-refractivity contribution is 0.639. The molecule has 118 valence electrons. The number of hydrogen-bond acceptors (Lipinski definition) is 5. The van der Waals surface area contributed by atoms with E-state index in [2.05, 4.69) is 26.3 Å². The number of aromatic nitrogens is 3. The van der Waals surface area contributed by atoms with E-state index in [1.54, 1.807) is 24.9 Å². The molecule has 0 bridgehead atoms. The first kappa shape index (κ1) is 14.2. The monoisotopic (exact) mass is 316 g/mol. The van der Waals surface area contributed by atoms with Gasteiger partial charge in [0.15, 0.2) is 11.5 Å². The molecule has 0 radical (unpaired) electrons. The highest BCUT2D eigenvalue weighted by atomic mass is 15.1. The second-order valence-corrected chi connectivity index (χ2v) is 5.48. The minimum Gasteiger partial charge on any atom is -0.370 e. The van der Waals surface area contributed by atoms with Crippen molar-refractivity contribution in [2.24, 2.45) is 10.7 Å². The van der Waals surface area contributed by atoms with Crippen molar-refractivity contribution in [2.75, 3.05) is 0 Å². The predicted molar refractivity (Wildman–Crippen MR) is 92.5 cm³/mol. The van der Waals surface area contributed by atoms with Gasteiger partial charge in [-0.25, -0.2) is 9.98 Å². The van der Waals surface area contributed by atoms with Crippen LogP contribution >= 0.6 is 0 Å². The largest absolute Gasteiger partial charge is 0.370 e. The lowest BCUT2D eigenvalue weighted by Crippen LogP contribution is -2.38. The molecule has 1 aliphatic heterocycles. The Morgan fingerprint density at radius 2 is 2.04 bits per heavy atom. The van der Waals surface area contributed by atoms with Crippen LogP contribution < -0.4 is 11.1 Å². The molecule has 0 saturated heterocycles. The summed E-state index contributed by atoms with van der Waals surface area (Å²) in [5.74, 6) is 0.358. The first-order chi connectivity index (χ1) is 11.8. The number of nitrogens with one attached hydrogen (secondary N) is 1. The highest BCUT2D eigenvalue weighted by Crippen LogP contribution is 2.36. The molecule has 1 atom stereocenters. The first-order valence-electron chi connectivity index (χ1n) is 7.58. The number of aliphatic imine (C=N–C) groups is 1. The van der Waals surface area contributed by atoms with Gasteiger partial charge in [-0.1, -0.05) is 18.2 Å². The van der Waals surface area contributed by atoms with E-state index >= 15 is 0 Å². The van der Waals surface area contributed by atoms with Crippen LogP contribution in [0.3, 0.4) is 0 Å². The Hall–Kier alpha value is -3.41. The number of pyridine rings is 1. The number of imidazole rings is 1. The Bertz CT molecular complexity index is 898. The highest BCUT2D eigenvalue weighted by molar-refractivity contribution is 5.81. The quantitative estimate of drug-likeness (QED) is 0.774. The van der Waals surface area contributed by atoms with E-state index in [0.717, 1.165) is 16.9 Å². The molecule has 3 aromatic rings. The number of guanidine groups is 1. The molecule has 24 heavy (non-hydrogen) atoms. The maximum atomic E-state index is 5.96. The van der Waals surface area contributed by atoms with Gasteiger partial charge < -0.3 is 15.6 Å². The summed E-state index contributed by atoms with van der Waals surface area (Å²) in [5, 5.41) is 2.92. The lowest BCUT2D eigenvalue weighted by atomic mass is 9.85. The van der Waals surface area contributed by atoms with Crippen LogP contribution in [0.15, 0.2) is 84.7 Å². The van der Waals surface area contributed by atoms with Crippen LogP contribution in [-0.2, 0) is 5.54 Å². The number of hydrogen-bond donors (Lipinski definition) is 2. The third kappa shape index (κ3) is 2.34. The number of nitrogens with zero attached hydrogens (tertiary/aromatic N) is 4. The Labute approximate surface area is 139 Å². The van der Waals surface area contributed by atoms with Gasteiger partial charge in [0.25, 0.3) is 0 Å². The van der Waals surface area contributed by atoms with E-state index in [1.165, 1.54) is 0 Å². The Morgan fingerprint density at radius 3 is 2.79 bits per heavy atom. The van der Waals surface area contributed by atoms with E-state index in [-0.39, 0.29) is 0 Å². The molecule has 3 heterocycles. The molecule has 6 nitrogen and oxygen atoms in total. The van der Waals surface area contributed by atoms with Gasteiger partial charge in [0.1, 0.15) is 0 Å². The molecule has 4 rings (SSSR count). The smallest absolute Gasteiger partial charge is 0.194 e. The topological polar surface area (TPSA) is 81.1 Å². The van der Waals surface area contributed by atoms with Crippen molar-refractivity contribution in [3.05, 3.63) is 90.9 Å². The molecule has 0 amide bonds. The van der Waals surface area contributed by atoms with Crippen molar-refractivity contribution in [1.29, 1.82) is 0 Å². The molecule has 3 N–H and O–H groups in total. The summed E-state index contributed by atoms with van der Waals surface area (Å²) >= 11 is 0. The van der Waals surface area contributed by atoms with Gasteiger partial charge in [-0.2, -0.15) is 0 Å². The van der Waals surface area contributed by atoms with Crippen LogP contribution in [0.25, 0.3) is 5.69 Å². The van der Waals surface area contributed by atoms with Gasteiger partial charge in [-0.15, -0.1) is 0 Å². The molecular formula is C18H16N6. The van der Waals surface area contributed by atoms with E-state index in [1.807, 2.05) is 53.2 Å². The average molecular weight is 316 g/mol. The number of benzene rings is 1. The SMILES string of the molecule is NC1=NC(c2cccc(-n3ccnc3)c2)(c2ccccn2)C=CN1. The van der Waals surface area contributed by atoms with Crippen molar-refractivity contribution < 1.29 is 0 Å². The molecule has 1 aliphatic rings. The van der Waals surface area contributed by atoms with Crippen LogP contribution in [0.1, 0.15) is 11.3 Å². The van der Waals surface area contributed by atoms with E-state index in [9.17, 15) is 0 Å². The van der Waals surface area contributed by atoms with Gasteiger partial charge in [0, 0.05) is 30.5 Å². The molecule has 2 aromatic heterocycles. The third-order valence-corrected chi connectivity index (χ3v) is 4.00. The molecule has 0 fully saturated rings. The Balaban J connectivity index is 1.91. The predicted octanol–water partition coefficient (Wildman–Crippen LogP) is 1.94. The van der Waals surface area contributed by atoms with Crippen molar-refractivity contribution in [3.63, 3.8) is 0 Å². The third-order valence-electron chi connectivity index (χ3n) is 4.00. The fourth-order valence-electron chi connectivity index (χ4n) is 2.86. The average Bonchev–Trinajstić information content (AvgIpc) is 3.17. The maximum Gasteiger partial charge on any atom is 0.194 e. The summed E-state index contributed by atoms with van der Waals surface area (Å²) in [6.45, 7) is 0. The second-order valence-electron chi connectivity index (χ2n) is 5.48. The zero-order valence-corrected chi connectivity index (χ0v) is 12.9. The molecule has 6 heteroatoms. The first-order valence-corrected chi connectivity index (χ1v) is 7.58. The number of rotatable bonds is 3. The Morgan fingerprint density at radius 1 is 1.08 bits per heavy atom. The molecule has 0 saturated carbocycles. The van der Waals surface area contributed by atoms with Crippen LogP contribution in [0.2, 0.25) is 0 Å². The normalized spacial score (nSPS) is 19.6. The Kier molecular flexibility index (Phi) is 3.35. The number of nitrogens with two attached hydrogens (primary N) is 1. The van der Waals surface area contributed by atoms with Gasteiger partial charge in [-0.05, 0) is 35.9 Å². The van der Waals surface area contributed by atoms with Crippen LogP contribution in [0.4, 0.5) is 0 Å². The molecular weight excluding hydrogens is 300 g/mol. The second kappa shape index (κ2) is 5.66. The van der Waals surface area contributed by atoms with E-state index in [0.29, 0.717) is 5.96 Å². The fourth-order valence-corrected chi connectivity index (χ4v) is 2.86. The fraction of sp³-hybridized carbons (Fsp3) is 0.0556. The standard InChI is InChI=1S/C18H16N6/c19-17-22-9-7-18(23-17,16-6-1-2-8-21-16)14-4-3-5-15(12-14)24-11-10-20-13-24/h1-13H,(H3,19,22,23). The molecule has 1 aromatic carbocycles. The van der Waals surface area contributed by atoms with Gasteiger partial charge in [0.2, 0.25) is 0 Å². The van der Waals surface area contributed by atoms with Crippen molar-refractivity contribution in [3.8, 4) is 5.69 Å².